The van der Waals surface area contributed by atoms with Gasteiger partial charge in [0, 0.05) is 16.9 Å². The van der Waals surface area contributed by atoms with Crippen molar-refractivity contribution in [2.24, 2.45) is 0 Å². The molecule has 0 radical (unpaired) electrons. The summed E-state index contributed by atoms with van der Waals surface area (Å²) in [7, 11) is 0. The van der Waals surface area contributed by atoms with E-state index >= 15 is 0 Å². The maximum atomic E-state index is 2.46. The van der Waals surface area contributed by atoms with E-state index in [0.717, 1.165) is 17.1 Å². The maximum absolute atomic E-state index is 2.46. The molecule has 0 spiro atoms. The highest BCUT2D eigenvalue weighted by molar-refractivity contribution is 6.03. The molecule has 1 fully saturated rings. The predicted octanol–water partition coefficient (Wildman–Crippen LogP) is 18.4. The van der Waals surface area contributed by atoms with Gasteiger partial charge in [0.1, 0.15) is 0 Å². The summed E-state index contributed by atoms with van der Waals surface area (Å²) in [5.41, 5.74) is 19.5. The van der Waals surface area contributed by atoms with Crippen molar-refractivity contribution in [1.82, 2.24) is 0 Å². The Bertz CT molecular complexity index is 3180. The van der Waals surface area contributed by atoms with E-state index in [0.29, 0.717) is 5.92 Å². The molecule has 10 aromatic rings. The molecule has 65 heavy (non-hydrogen) atoms. The Balaban J connectivity index is 1.02. The lowest BCUT2D eigenvalue weighted by Crippen LogP contribution is -2.11. The van der Waals surface area contributed by atoms with E-state index in [1.807, 2.05) is 0 Å². The Morgan fingerprint density at radius 2 is 0.738 bits per heavy atom. The van der Waals surface area contributed by atoms with Crippen molar-refractivity contribution in [3.8, 4) is 66.8 Å². The molecule has 0 unspecified atom stereocenters. The maximum Gasteiger partial charge on any atom is 0.0540 e. The van der Waals surface area contributed by atoms with Crippen molar-refractivity contribution >= 4 is 27.8 Å². The van der Waals surface area contributed by atoms with Crippen molar-refractivity contribution in [3.05, 3.63) is 248 Å². The smallest absolute Gasteiger partial charge is 0.0540 e. The number of rotatable bonds is 10. The summed E-state index contributed by atoms with van der Waals surface area (Å²) in [6.45, 7) is 0. The molecule has 0 atom stereocenters. The molecule has 0 aromatic heterocycles. The number of nitrogens with zero attached hydrogens (tertiary/aromatic N) is 1. The molecule has 10 aromatic carbocycles. The van der Waals surface area contributed by atoms with E-state index < -0.39 is 0 Å². The Morgan fingerprint density at radius 1 is 0.292 bits per heavy atom. The van der Waals surface area contributed by atoms with Crippen LogP contribution in [0.2, 0.25) is 0 Å². The summed E-state index contributed by atoms with van der Waals surface area (Å²) in [4.78, 5) is 2.46. The minimum atomic E-state index is 0.586. The van der Waals surface area contributed by atoms with Crippen LogP contribution in [0, 0.1) is 0 Å². The average Bonchev–Trinajstić information content (AvgIpc) is 3.40. The van der Waals surface area contributed by atoms with Gasteiger partial charge in [0.05, 0.1) is 5.69 Å². The summed E-state index contributed by atoms with van der Waals surface area (Å²) >= 11 is 0. The minimum Gasteiger partial charge on any atom is -0.310 e. The van der Waals surface area contributed by atoms with Crippen molar-refractivity contribution in [2.45, 2.75) is 38.0 Å². The van der Waals surface area contributed by atoms with Gasteiger partial charge in [-0.25, -0.2) is 0 Å². The monoisotopic (exact) mass is 833 g/mol. The molecule has 0 N–H and O–H groups in total. The molecule has 1 aliphatic carbocycles. The normalized spacial score (nSPS) is 12.9. The van der Waals surface area contributed by atoms with Crippen LogP contribution in [0.3, 0.4) is 0 Å². The van der Waals surface area contributed by atoms with Crippen LogP contribution >= 0.6 is 0 Å². The Morgan fingerprint density at radius 3 is 1.34 bits per heavy atom. The van der Waals surface area contributed by atoms with Crippen LogP contribution in [0.15, 0.2) is 243 Å². The number of fused-ring (bicyclic) bond motifs is 1. The first-order valence-electron chi connectivity index (χ1n) is 23.3. The highest BCUT2D eigenvalue weighted by Crippen LogP contribution is 2.46. The van der Waals surface area contributed by atoms with Gasteiger partial charge in [0.15, 0.2) is 0 Å². The van der Waals surface area contributed by atoms with Crippen LogP contribution < -0.4 is 4.90 Å². The zero-order valence-corrected chi connectivity index (χ0v) is 36.7. The van der Waals surface area contributed by atoms with Crippen LogP contribution in [0.25, 0.3) is 77.5 Å². The third kappa shape index (κ3) is 8.18. The Hall–Kier alpha value is -7.74. The molecule has 0 saturated heterocycles. The highest BCUT2D eigenvalue weighted by Gasteiger charge is 2.23. The van der Waals surface area contributed by atoms with Crippen molar-refractivity contribution in [1.29, 1.82) is 0 Å². The SMILES string of the molecule is c1ccc(-c2ccc(-c3ccc(N(c4ccc(-c5ccc(-c6ccccc6)c(-c6ccccc6)c5)cc4)c4ccccc4-c4cccc5cccc(C6CCCCC6)c45)cc3)cc2)cc1. The number of para-hydroxylation sites is 1. The second kappa shape index (κ2) is 18.2. The fourth-order valence-electron chi connectivity index (χ4n) is 10.2. The second-order valence-corrected chi connectivity index (χ2v) is 17.5. The van der Waals surface area contributed by atoms with Crippen molar-refractivity contribution in [2.75, 3.05) is 4.90 Å². The molecule has 0 aliphatic heterocycles. The average molecular weight is 834 g/mol. The topological polar surface area (TPSA) is 3.24 Å². The first kappa shape index (κ1) is 40.1. The van der Waals surface area contributed by atoms with Gasteiger partial charge in [0.2, 0.25) is 0 Å². The first-order chi connectivity index (χ1) is 32.2. The van der Waals surface area contributed by atoms with Crippen molar-refractivity contribution in [3.63, 3.8) is 0 Å². The van der Waals surface area contributed by atoms with Crippen LogP contribution in [-0.2, 0) is 0 Å². The second-order valence-electron chi connectivity index (χ2n) is 17.5. The van der Waals surface area contributed by atoms with Crippen LogP contribution in [0.1, 0.15) is 43.6 Å². The van der Waals surface area contributed by atoms with Gasteiger partial charge >= 0.3 is 0 Å². The Kier molecular flexibility index (Phi) is 11.2. The molecule has 0 amide bonds. The molecular weight excluding hydrogens is 783 g/mol. The molecule has 1 heteroatoms. The zero-order chi connectivity index (χ0) is 43.4. The zero-order valence-electron chi connectivity index (χ0n) is 36.7. The third-order valence-electron chi connectivity index (χ3n) is 13.5. The number of hydrogen-bond acceptors (Lipinski definition) is 1. The van der Waals surface area contributed by atoms with Gasteiger partial charge in [-0.05, 0) is 133 Å². The highest BCUT2D eigenvalue weighted by atomic mass is 15.1. The molecule has 0 bridgehead atoms. The van der Waals surface area contributed by atoms with Crippen LogP contribution in [0.4, 0.5) is 17.1 Å². The summed E-state index contributed by atoms with van der Waals surface area (Å²) in [6, 6.07) is 89.1. The number of hydrogen-bond donors (Lipinski definition) is 0. The molecule has 312 valence electrons. The van der Waals surface area contributed by atoms with E-state index in [-0.39, 0.29) is 0 Å². The number of anilines is 3. The molecule has 11 rings (SSSR count). The number of benzene rings is 10. The summed E-state index contributed by atoms with van der Waals surface area (Å²) in [5, 5.41) is 2.71. The van der Waals surface area contributed by atoms with Gasteiger partial charge < -0.3 is 4.90 Å². The van der Waals surface area contributed by atoms with E-state index in [1.54, 1.807) is 0 Å². The van der Waals surface area contributed by atoms with Gasteiger partial charge in [0.25, 0.3) is 0 Å². The largest absolute Gasteiger partial charge is 0.310 e. The molecule has 1 nitrogen and oxygen atoms in total. The Labute approximate surface area is 384 Å². The van der Waals surface area contributed by atoms with Gasteiger partial charge in [-0.2, -0.15) is 0 Å². The van der Waals surface area contributed by atoms with E-state index in [1.165, 1.54) is 115 Å². The molecule has 1 saturated carbocycles. The third-order valence-corrected chi connectivity index (χ3v) is 13.5. The quantitative estimate of drug-likeness (QED) is 0.133. The summed E-state index contributed by atoms with van der Waals surface area (Å²) in [5.74, 6) is 0.586. The van der Waals surface area contributed by atoms with Crippen LogP contribution in [-0.4, -0.2) is 0 Å². The van der Waals surface area contributed by atoms with Crippen LogP contribution in [0.5, 0.6) is 0 Å². The molecular formula is C64H51N. The lowest BCUT2D eigenvalue weighted by atomic mass is 9.80. The fraction of sp³-hybridized carbons (Fsp3) is 0.0938. The first-order valence-corrected chi connectivity index (χ1v) is 23.3. The van der Waals surface area contributed by atoms with Crippen molar-refractivity contribution < 1.29 is 0 Å². The molecule has 1 aliphatic rings. The van der Waals surface area contributed by atoms with Gasteiger partial charge in [-0.1, -0.05) is 226 Å². The predicted molar refractivity (Wildman–Crippen MR) is 277 cm³/mol. The van der Waals surface area contributed by atoms with Gasteiger partial charge in [-0.15, -0.1) is 0 Å². The summed E-state index contributed by atoms with van der Waals surface area (Å²) < 4.78 is 0. The lowest BCUT2D eigenvalue weighted by molar-refractivity contribution is 0.445. The fourth-order valence-corrected chi connectivity index (χ4v) is 10.2. The lowest BCUT2D eigenvalue weighted by Gasteiger charge is -2.29. The van der Waals surface area contributed by atoms with E-state index in [9.17, 15) is 0 Å². The summed E-state index contributed by atoms with van der Waals surface area (Å²) in [6.07, 6.45) is 6.48. The van der Waals surface area contributed by atoms with Gasteiger partial charge in [-0.3, -0.25) is 0 Å². The van der Waals surface area contributed by atoms with E-state index in [2.05, 4.69) is 248 Å². The van der Waals surface area contributed by atoms with E-state index in [4.69, 9.17) is 0 Å². The standard InChI is InChI=1S/C64H51N/c1-5-17-46(18-6-1)47-31-33-48(34-32-47)49-35-40-56(41-36-49)65(63-30-14-13-27-60(63)61-29-16-26-54-25-15-28-59(64(54)61)52-21-9-3-10-22-52)57-42-37-50(38-43-57)55-39-44-58(51-19-7-2-8-20-51)62(45-55)53-23-11-4-12-24-53/h1-2,4-8,11-20,23-45,52H,3,9-10,21-22H2. The molecule has 0 heterocycles. The minimum absolute atomic E-state index is 0.586.